The van der Waals surface area contributed by atoms with Crippen molar-refractivity contribution in [1.29, 1.82) is 0 Å². The van der Waals surface area contributed by atoms with Gasteiger partial charge in [0.05, 0.1) is 10.6 Å². The molecular weight excluding hydrogens is 264 g/mol. The summed E-state index contributed by atoms with van der Waals surface area (Å²) in [4.78, 5) is 11.0. The second kappa shape index (κ2) is 5.71. The second-order valence-electron chi connectivity index (χ2n) is 4.75. The highest BCUT2D eigenvalue weighted by molar-refractivity contribution is 7.91. The lowest BCUT2D eigenvalue weighted by Gasteiger charge is -2.12. The fourth-order valence-electron chi connectivity index (χ4n) is 2.32. The van der Waals surface area contributed by atoms with Crippen molar-refractivity contribution in [3.05, 3.63) is 29.8 Å². The van der Waals surface area contributed by atoms with Gasteiger partial charge in [-0.05, 0) is 31.0 Å². The first-order valence-electron chi connectivity index (χ1n) is 6.34. The van der Waals surface area contributed by atoms with E-state index in [-0.39, 0.29) is 17.7 Å². The molecule has 0 radical (unpaired) electrons. The summed E-state index contributed by atoms with van der Waals surface area (Å²) in [5.74, 6) is -0.184. The number of benzene rings is 1. The van der Waals surface area contributed by atoms with Gasteiger partial charge < -0.3 is 11.1 Å². The topological polar surface area (TPSA) is 89.3 Å². The summed E-state index contributed by atoms with van der Waals surface area (Å²) >= 11 is 0. The molecule has 5 nitrogen and oxygen atoms in total. The highest BCUT2D eigenvalue weighted by atomic mass is 32.2. The van der Waals surface area contributed by atoms with Crippen LogP contribution in [0.3, 0.4) is 0 Å². The number of nitrogens with two attached hydrogens (primary N) is 1. The number of primary amides is 1. The Kier molecular flexibility index (Phi) is 4.21. The number of rotatable bonds is 6. The lowest BCUT2D eigenvalue weighted by atomic mass is 10.1. The number of sulfone groups is 1. The van der Waals surface area contributed by atoms with E-state index in [0.29, 0.717) is 17.9 Å². The molecule has 6 heteroatoms. The monoisotopic (exact) mass is 282 g/mol. The zero-order valence-corrected chi connectivity index (χ0v) is 11.4. The molecule has 1 atom stereocenters. The first-order chi connectivity index (χ1) is 9.00. The number of fused-ring (bicyclic) bond motifs is 1. The van der Waals surface area contributed by atoms with Crippen LogP contribution < -0.4 is 11.1 Å². The molecular formula is C13H18N2O3S. The Hall–Kier alpha value is -1.40. The molecule has 0 saturated heterocycles. The Morgan fingerprint density at radius 2 is 2.05 bits per heavy atom. The Bertz CT molecular complexity index is 569. The Labute approximate surface area is 113 Å². The number of amides is 1. The summed E-state index contributed by atoms with van der Waals surface area (Å²) in [5, 5.41) is 3.24. The van der Waals surface area contributed by atoms with Crippen molar-refractivity contribution in [3.63, 3.8) is 0 Å². The molecule has 3 N–H and O–H groups in total. The van der Waals surface area contributed by atoms with Crippen LogP contribution in [0.15, 0.2) is 29.2 Å². The highest BCUT2D eigenvalue weighted by Crippen LogP contribution is 2.32. The van der Waals surface area contributed by atoms with Crippen LogP contribution in [0.4, 0.5) is 0 Å². The fourth-order valence-corrected chi connectivity index (χ4v) is 4.09. The normalized spacial score (nSPS) is 20.1. The van der Waals surface area contributed by atoms with Gasteiger partial charge in [-0.3, -0.25) is 4.79 Å². The summed E-state index contributed by atoms with van der Waals surface area (Å²) in [7, 11) is -3.15. The zero-order valence-electron chi connectivity index (χ0n) is 10.6. The summed E-state index contributed by atoms with van der Waals surface area (Å²) in [6.45, 7) is 0.682. The number of carbonyl (C=O) groups excluding carboxylic acids is 1. The molecule has 1 unspecified atom stereocenters. The van der Waals surface area contributed by atoms with Gasteiger partial charge in [-0.1, -0.05) is 18.2 Å². The van der Waals surface area contributed by atoms with Gasteiger partial charge in [0.15, 0.2) is 9.84 Å². The Balaban J connectivity index is 1.91. The van der Waals surface area contributed by atoms with Crippen molar-refractivity contribution >= 4 is 15.7 Å². The number of nitrogens with one attached hydrogen (secondary N) is 1. The summed E-state index contributed by atoms with van der Waals surface area (Å²) in [6, 6.07) is 6.95. The first-order valence-corrected chi connectivity index (χ1v) is 7.99. The van der Waals surface area contributed by atoms with Crippen LogP contribution in [0.5, 0.6) is 0 Å². The fraction of sp³-hybridized carbons (Fsp3) is 0.462. The maximum absolute atomic E-state index is 11.9. The molecule has 0 aliphatic carbocycles. The lowest BCUT2D eigenvalue weighted by Crippen LogP contribution is -2.24. The van der Waals surface area contributed by atoms with Crippen molar-refractivity contribution in [3.8, 4) is 0 Å². The van der Waals surface area contributed by atoms with E-state index in [4.69, 9.17) is 5.73 Å². The average Bonchev–Trinajstić information content (AvgIpc) is 2.61. The minimum absolute atomic E-state index is 0.113. The smallest absolute Gasteiger partial charge is 0.217 e. The van der Waals surface area contributed by atoms with E-state index in [9.17, 15) is 13.2 Å². The van der Waals surface area contributed by atoms with Gasteiger partial charge in [-0.15, -0.1) is 0 Å². The number of unbranched alkanes of at least 4 members (excludes halogenated alkanes) is 1. The SMILES string of the molecule is NC(=O)CCCCNC1CS(=O)(=O)c2ccccc21. The van der Waals surface area contributed by atoms with Gasteiger partial charge in [0, 0.05) is 12.5 Å². The minimum atomic E-state index is -3.15. The molecule has 19 heavy (non-hydrogen) atoms. The van der Waals surface area contributed by atoms with E-state index in [1.807, 2.05) is 12.1 Å². The first kappa shape index (κ1) is 14.0. The maximum Gasteiger partial charge on any atom is 0.217 e. The van der Waals surface area contributed by atoms with Crippen LogP contribution in [0, 0.1) is 0 Å². The van der Waals surface area contributed by atoms with Crippen LogP contribution in [-0.4, -0.2) is 26.6 Å². The molecule has 0 spiro atoms. The summed E-state index contributed by atoms with van der Waals surface area (Å²) in [6.07, 6.45) is 1.91. The molecule has 0 aromatic heterocycles. The molecule has 0 bridgehead atoms. The average molecular weight is 282 g/mol. The largest absolute Gasteiger partial charge is 0.370 e. The van der Waals surface area contributed by atoms with E-state index < -0.39 is 9.84 Å². The zero-order chi connectivity index (χ0) is 13.9. The van der Waals surface area contributed by atoms with Gasteiger partial charge in [0.1, 0.15) is 0 Å². The van der Waals surface area contributed by atoms with Crippen molar-refractivity contribution in [2.75, 3.05) is 12.3 Å². The lowest BCUT2D eigenvalue weighted by molar-refractivity contribution is -0.118. The third-order valence-electron chi connectivity index (χ3n) is 3.26. The van der Waals surface area contributed by atoms with E-state index in [1.165, 1.54) is 0 Å². The van der Waals surface area contributed by atoms with Gasteiger partial charge in [-0.25, -0.2) is 8.42 Å². The van der Waals surface area contributed by atoms with E-state index in [2.05, 4.69) is 5.32 Å². The standard InChI is InChI=1S/C13H18N2O3S/c14-13(16)7-3-4-8-15-11-9-19(17,18)12-6-2-1-5-10(11)12/h1-2,5-6,11,15H,3-4,7-9H2,(H2,14,16). The van der Waals surface area contributed by atoms with Gasteiger partial charge in [-0.2, -0.15) is 0 Å². The van der Waals surface area contributed by atoms with Crippen molar-refractivity contribution in [2.45, 2.75) is 30.2 Å². The van der Waals surface area contributed by atoms with Gasteiger partial charge in [0.25, 0.3) is 0 Å². The van der Waals surface area contributed by atoms with E-state index >= 15 is 0 Å². The summed E-state index contributed by atoms with van der Waals surface area (Å²) in [5.41, 5.74) is 5.90. The Morgan fingerprint density at radius 1 is 1.32 bits per heavy atom. The number of hydrogen-bond donors (Lipinski definition) is 2. The molecule has 1 aliphatic rings. The molecule has 1 aliphatic heterocycles. The van der Waals surface area contributed by atoms with Crippen LogP contribution in [-0.2, 0) is 14.6 Å². The van der Waals surface area contributed by atoms with Crippen molar-refractivity contribution < 1.29 is 13.2 Å². The molecule has 0 saturated carbocycles. The van der Waals surface area contributed by atoms with Crippen molar-refractivity contribution in [2.24, 2.45) is 5.73 Å². The molecule has 2 rings (SSSR count). The predicted octanol–water partition coefficient (Wildman–Crippen LogP) is 0.760. The molecule has 1 amide bonds. The maximum atomic E-state index is 11.9. The van der Waals surface area contributed by atoms with Crippen LogP contribution in [0.2, 0.25) is 0 Å². The third kappa shape index (κ3) is 3.33. The third-order valence-corrected chi connectivity index (χ3v) is 5.07. The summed E-state index contributed by atoms with van der Waals surface area (Å²) < 4.78 is 23.9. The molecule has 1 heterocycles. The van der Waals surface area contributed by atoms with Crippen LogP contribution in [0.1, 0.15) is 30.9 Å². The predicted molar refractivity (Wildman–Crippen MR) is 72.3 cm³/mol. The number of carbonyl (C=O) groups is 1. The second-order valence-corrected chi connectivity index (χ2v) is 6.75. The minimum Gasteiger partial charge on any atom is -0.370 e. The number of hydrogen-bond acceptors (Lipinski definition) is 4. The molecule has 0 fully saturated rings. The van der Waals surface area contributed by atoms with Gasteiger partial charge in [0.2, 0.25) is 5.91 Å². The van der Waals surface area contributed by atoms with Crippen LogP contribution >= 0.6 is 0 Å². The van der Waals surface area contributed by atoms with Gasteiger partial charge >= 0.3 is 0 Å². The molecule has 1 aromatic rings. The highest BCUT2D eigenvalue weighted by Gasteiger charge is 2.33. The van der Waals surface area contributed by atoms with E-state index in [0.717, 1.165) is 18.4 Å². The molecule has 1 aromatic carbocycles. The van der Waals surface area contributed by atoms with Crippen LogP contribution in [0.25, 0.3) is 0 Å². The Morgan fingerprint density at radius 3 is 2.79 bits per heavy atom. The van der Waals surface area contributed by atoms with Crippen molar-refractivity contribution in [1.82, 2.24) is 5.32 Å². The quantitative estimate of drug-likeness (QED) is 0.754. The van der Waals surface area contributed by atoms with E-state index in [1.54, 1.807) is 12.1 Å². The molecule has 104 valence electrons.